The largest absolute Gasteiger partial charge is 0.472 e. The van der Waals surface area contributed by atoms with E-state index in [4.69, 9.17) is 37.0 Å². The van der Waals surface area contributed by atoms with E-state index in [1.165, 1.54) is 334 Å². The van der Waals surface area contributed by atoms with Crippen LogP contribution in [0.1, 0.15) is 510 Å². The Hall–Kier alpha value is -1.94. The number of aliphatic hydroxyl groups is 1. The zero-order chi connectivity index (χ0) is 81.8. The van der Waals surface area contributed by atoms with Gasteiger partial charge in [-0.05, 0) is 31.6 Å². The van der Waals surface area contributed by atoms with Gasteiger partial charge >= 0.3 is 39.5 Å². The topological polar surface area (TPSA) is 237 Å². The molecule has 0 rings (SSSR count). The van der Waals surface area contributed by atoms with Gasteiger partial charge in [0.25, 0.3) is 0 Å². The SMILES string of the molecule is CCCCCCCCCCCCCCCCCCCCCCCCC(=O)O[C@H](COC(=O)CCCCCCCCCCCCCCCCCCCCC(C)C)COP(=O)(O)OC[C@@H](O)COP(=O)(O)OC[C@@H](COC(=O)CCCCCCCCCCCCCCC)OC(=O)CCCCCCCCCCCCCCCCCC. The monoisotopic (exact) mass is 1630 g/mol. The van der Waals surface area contributed by atoms with Gasteiger partial charge in [-0.25, -0.2) is 9.13 Å². The molecule has 0 aromatic rings. The third kappa shape index (κ3) is 85.9. The lowest BCUT2D eigenvalue weighted by Crippen LogP contribution is -2.30. The lowest BCUT2D eigenvalue weighted by Gasteiger charge is -2.21. The summed E-state index contributed by atoms with van der Waals surface area (Å²) in [6, 6.07) is 0. The Bertz CT molecular complexity index is 2120. The van der Waals surface area contributed by atoms with Crippen LogP contribution in [-0.2, 0) is 65.4 Å². The zero-order valence-corrected chi connectivity index (χ0v) is 75.6. The molecule has 0 aliphatic rings. The van der Waals surface area contributed by atoms with Crippen molar-refractivity contribution in [3.8, 4) is 0 Å². The summed E-state index contributed by atoms with van der Waals surface area (Å²) in [4.78, 5) is 73.5. The van der Waals surface area contributed by atoms with Crippen molar-refractivity contribution >= 4 is 39.5 Å². The predicted octanol–water partition coefficient (Wildman–Crippen LogP) is 29.1. The number of aliphatic hydroxyl groups excluding tert-OH is 1. The van der Waals surface area contributed by atoms with Crippen LogP contribution in [0, 0.1) is 5.92 Å². The second-order valence-electron chi connectivity index (χ2n) is 33.9. The number of unbranched alkanes of at least 4 members (excludes halogenated alkanes) is 65. The van der Waals surface area contributed by atoms with E-state index in [9.17, 15) is 43.2 Å². The third-order valence-electron chi connectivity index (χ3n) is 22.0. The Labute approximate surface area is 689 Å². The van der Waals surface area contributed by atoms with E-state index < -0.39 is 97.5 Å². The fourth-order valence-corrected chi connectivity index (χ4v) is 16.3. The van der Waals surface area contributed by atoms with Gasteiger partial charge in [0.2, 0.25) is 0 Å². The minimum Gasteiger partial charge on any atom is -0.462 e. The van der Waals surface area contributed by atoms with Crippen molar-refractivity contribution in [2.45, 2.75) is 528 Å². The van der Waals surface area contributed by atoms with Gasteiger partial charge in [0.05, 0.1) is 26.4 Å². The van der Waals surface area contributed by atoms with Crippen LogP contribution in [0.5, 0.6) is 0 Å². The Morgan fingerprint density at radius 3 is 0.607 bits per heavy atom. The Kier molecular flexibility index (Phi) is 84.0. The summed E-state index contributed by atoms with van der Waals surface area (Å²) in [5, 5.41) is 10.7. The van der Waals surface area contributed by atoms with Gasteiger partial charge in [0, 0.05) is 25.7 Å². The molecule has 0 fully saturated rings. The van der Waals surface area contributed by atoms with Crippen molar-refractivity contribution in [2.75, 3.05) is 39.6 Å². The number of carbonyl (C=O) groups is 4. The Balaban J connectivity index is 5.24. The van der Waals surface area contributed by atoms with Crippen LogP contribution in [-0.4, -0.2) is 96.7 Å². The summed E-state index contributed by atoms with van der Waals surface area (Å²) in [5.74, 6) is -1.27. The molecule has 0 amide bonds. The highest BCUT2D eigenvalue weighted by Gasteiger charge is 2.31. The van der Waals surface area contributed by atoms with Crippen molar-refractivity contribution in [3.05, 3.63) is 0 Å². The van der Waals surface area contributed by atoms with Crippen molar-refractivity contribution < 1.29 is 80.2 Å². The summed E-state index contributed by atoms with van der Waals surface area (Å²) < 4.78 is 69.1. The molecule has 0 spiro atoms. The predicted molar refractivity (Wildman–Crippen MR) is 465 cm³/mol. The van der Waals surface area contributed by atoms with E-state index in [2.05, 4.69) is 34.6 Å². The van der Waals surface area contributed by atoms with Crippen LogP contribution in [0.15, 0.2) is 0 Å². The maximum absolute atomic E-state index is 13.2. The van der Waals surface area contributed by atoms with Crippen LogP contribution in [0.3, 0.4) is 0 Å². The van der Waals surface area contributed by atoms with E-state index >= 15 is 0 Å². The lowest BCUT2D eigenvalue weighted by atomic mass is 10.0. The average Bonchev–Trinajstić information content (AvgIpc) is 0.898. The molecule has 19 heteroatoms. The average molecular weight is 1630 g/mol. The van der Waals surface area contributed by atoms with Crippen LogP contribution < -0.4 is 0 Å². The molecule has 2 unspecified atom stereocenters. The van der Waals surface area contributed by atoms with Crippen LogP contribution in [0.25, 0.3) is 0 Å². The minimum absolute atomic E-state index is 0.109. The van der Waals surface area contributed by atoms with Gasteiger partial charge in [-0.3, -0.25) is 37.3 Å². The maximum atomic E-state index is 13.2. The number of rotatable bonds is 93. The number of phosphoric acid groups is 2. The molecule has 666 valence electrons. The number of carbonyl (C=O) groups excluding carboxylic acids is 4. The quantitative estimate of drug-likeness (QED) is 0.0222. The lowest BCUT2D eigenvalue weighted by molar-refractivity contribution is -0.161. The number of phosphoric ester groups is 2. The molecule has 0 aromatic carbocycles. The van der Waals surface area contributed by atoms with Gasteiger partial charge in [-0.2, -0.15) is 0 Å². The van der Waals surface area contributed by atoms with Gasteiger partial charge < -0.3 is 33.8 Å². The van der Waals surface area contributed by atoms with Crippen molar-refractivity contribution in [1.29, 1.82) is 0 Å². The fourth-order valence-electron chi connectivity index (χ4n) is 14.7. The molecule has 0 saturated carbocycles. The molecule has 17 nitrogen and oxygen atoms in total. The highest BCUT2D eigenvalue weighted by Crippen LogP contribution is 2.45. The van der Waals surface area contributed by atoms with Crippen molar-refractivity contribution in [1.82, 2.24) is 0 Å². The van der Waals surface area contributed by atoms with E-state index in [0.29, 0.717) is 25.7 Å². The highest BCUT2D eigenvalue weighted by molar-refractivity contribution is 7.47. The first-order chi connectivity index (χ1) is 54.5. The molecule has 112 heavy (non-hydrogen) atoms. The van der Waals surface area contributed by atoms with Gasteiger partial charge in [-0.15, -0.1) is 0 Å². The summed E-state index contributed by atoms with van der Waals surface area (Å²) >= 11 is 0. The summed E-state index contributed by atoms with van der Waals surface area (Å²) in [6.07, 6.45) is 82.0. The van der Waals surface area contributed by atoms with Crippen molar-refractivity contribution in [2.24, 2.45) is 5.92 Å². The number of ether oxygens (including phenoxy) is 4. The molecule has 0 aliphatic carbocycles. The molecular formula is C93H182O17P2. The number of esters is 4. The molecule has 0 aliphatic heterocycles. The number of hydrogen-bond acceptors (Lipinski definition) is 15. The molecule has 0 heterocycles. The first kappa shape index (κ1) is 110. The molecular weight excluding hydrogens is 1450 g/mol. The minimum atomic E-state index is -4.97. The molecule has 3 N–H and O–H groups in total. The first-order valence-electron chi connectivity index (χ1n) is 48.1. The third-order valence-corrected chi connectivity index (χ3v) is 23.9. The molecule has 5 atom stereocenters. The van der Waals surface area contributed by atoms with E-state index in [1.807, 2.05) is 0 Å². The Morgan fingerprint density at radius 2 is 0.411 bits per heavy atom. The number of hydrogen-bond donors (Lipinski definition) is 3. The van der Waals surface area contributed by atoms with E-state index in [0.717, 1.165) is 95.8 Å². The summed E-state index contributed by atoms with van der Waals surface area (Å²) in [5.41, 5.74) is 0. The summed E-state index contributed by atoms with van der Waals surface area (Å²) in [7, 11) is -9.94. The zero-order valence-electron chi connectivity index (χ0n) is 73.8. The molecule has 0 aromatic heterocycles. The second-order valence-corrected chi connectivity index (χ2v) is 36.8. The Morgan fingerprint density at radius 1 is 0.241 bits per heavy atom. The second kappa shape index (κ2) is 85.5. The molecule has 0 bridgehead atoms. The molecule has 0 radical (unpaired) electrons. The van der Waals surface area contributed by atoms with Crippen LogP contribution in [0.2, 0.25) is 0 Å². The fraction of sp³-hybridized carbons (Fsp3) is 0.957. The maximum Gasteiger partial charge on any atom is 0.472 e. The van der Waals surface area contributed by atoms with Crippen molar-refractivity contribution in [3.63, 3.8) is 0 Å². The standard InChI is InChI=1S/C93H182O17P2/c1-6-9-12-15-18-21-24-27-29-31-32-33-34-35-40-44-49-54-59-64-69-74-79-93(98)110-89(83-104-91(96)77-72-67-62-57-52-47-43-39-37-36-38-41-46-50-55-60-65-70-75-86(4)5)85-108-112(101,102)106-81-87(94)80-105-111(99,100)107-84-88(82-103-90(95)76-71-66-61-56-51-45-26-23-20-17-14-11-8-3)109-92(97)78-73-68-63-58-53-48-42-30-28-25-22-19-16-13-10-7-2/h86-89,94H,6-85H2,1-5H3,(H,99,100)(H,101,102)/t87-,88+,89+/m0/s1. The smallest absolute Gasteiger partial charge is 0.462 e. The normalized spacial score (nSPS) is 13.7. The summed E-state index contributed by atoms with van der Waals surface area (Å²) in [6.45, 7) is 7.45. The van der Waals surface area contributed by atoms with E-state index in [-0.39, 0.29) is 25.7 Å². The van der Waals surface area contributed by atoms with E-state index in [1.54, 1.807) is 0 Å². The molecule has 0 saturated heterocycles. The van der Waals surface area contributed by atoms with Gasteiger partial charge in [0.1, 0.15) is 19.3 Å². The van der Waals surface area contributed by atoms with Crippen LogP contribution in [0.4, 0.5) is 0 Å². The first-order valence-corrected chi connectivity index (χ1v) is 51.1. The highest BCUT2D eigenvalue weighted by atomic mass is 31.2. The van der Waals surface area contributed by atoms with Crippen LogP contribution >= 0.6 is 15.6 Å². The van der Waals surface area contributed by atoms with Gasteiger partial charge in [0.15, 0.2) is 12.2 Å². The van der Waals surface area contributed by atoms with Gasteiger partial charge in [-0.1, -0.05) is 458 Å².